The molecule has 5 aliphatic rings. The van der Waals surface area contributed by atoms with E-state index in [9.17, 15) is 4.79 Å². The van der Waals surface area contributed by atoms with Crippen molar-refractivity contribution < 1.29 is 14.3 Å². The summed E-state index contributed by atoms with van der Waals surface area (Å²) >= 11 is 0. The lowest BCUT2D eigenvalue weighted by Crippen LogP contribution is -2.53. The van der Waals surface area contributed by atoms with Gasteiger partial charge in [-0.3, -0.25) is 4.79 Å². The van der Waals surface area contributed by atoms with Crippen molar-refractivity contribution in [2.45, 2.75) is 56.7 Å². The fraction of sp³-hybridized carbons (Fsp3) is 0.531. The lowest BCUT2D eigenvalue weighted by Gasteiger charge is -2.52. The molecule has 0 radical (unpaired) electrons. The van der Waals surface area contributed by atoms with E-state index in [4.69, 9.17) is 14.5 Å². The second-order valence-corrected chi connectivity index (χ2v) is 13.1. The van der Waals surface area contributed by atoms with Crippen LogP contribution in [0.3, 0.4) is 0 Å². The molecule has 206 valence electrons. The van der Waals surface area contributed by atoms with Gasteiger partial charge in [0.05, 0.1) is 23.9 Å². The lowest BCUT2D eigenvalue weighted by atomic mass is 9.53. The highest BCUT2D eigenvalue weighted by Gasteiger charge is 2.61. The predicted molar refractivity (Wildman–Crippen MR) is 151 cm³/mol. The van der Waals surface area contributed by atoms with E-state index in [-0.39, 0.29) is 11.5 Å². The molecule has 0 N–H and O–H groups in total. The molecule has 2 saturated heterocycles. The van der Waals surface area contributed by atoms with E-state index >= 15 is 0 Å². The second kappa shape index (κ2) is 8.09. The molecule has 1 amide bonds. The highest BCUT2D eigenvalue weighted by Crippen LogP contribution is 2.61. The number of amides is 1. The molecule has 4 aromatic rings. The number of pyridine rings is 1. The Hall–Kier alpha value is -3.39. The van der Waals surface area contributed by atoms with Gasteiger partial charge >= 0.3 is 0 Å². The Morgan fingerprint density at radius 2 is 2.10 bits per heavy atom. The van der Waals surface area contributed by atoms with Crippen molar-refractivity contribution in [2.24, 2.45) is 30.7 Å². The summed E-state index contributed by atoms with van der Waals surface area (Å²) in [5.41, 5.74) is 4.50. The minimum atomic E-state index is 0.0874. The summed E-state index contributed by atoms with van der Waals surface area (Å²) in [7, 11) is 3.76. The summed E-state index contributed by atoms with van der Waals surface area (Å²) in [5.74, 6) is 4.57. The minimum Gasteiger partial charge on any atom is -0.494 e. The molecule has 1 unspecified atom stereocenters. The smallest absolute Gasteiger partial charge is 0.254 e. The number of hydrogen-bond donors (Lipinski definition) is 0. The van der Waals surface area contributed by atoms with E-state index in [1.54, 1.807) is 7.11 Å². The number of imidazole rings is 1. The minimum absolute atomic E-state index is 0.0874. The maximum atomic E-state index is 13.8. The molecule has 8 nitrogen and oxygen atoms in total. The maximum absolute atomic E-state index is 13.8. The molecule has 9 rings (SSSR count). The second-order valence-electron chi connectivity index (χ2n) is 13.1. The van der Waals surface area contributed by atoms with Crippen molar-refractivity contribution in [3.05, 3.63) is 42.1 Å². The summed E-state index contributed by atoms with van der Waals surface area (Å²) in [4.78, 5) is 25.8. The van der Waals surface area contributed by atoms with E-state index in [2.05, 4.69) is 38.2 Å². The number of hydrogen-bond acceptors (Lipinski definition) is 5. The molecule has 8 heteroatoms. The van der Waals surface area contributed by atoms with Gasteiger partial charge in [0.1, 0.15) is 16.9 Å². The van der Waals surface area contributed by atoms with E-state index in [0.717, 1.165) is 83.7 Å². The number of aromatic nitrogens is 4. The molecule has 5 fully saturated rings. The summed E-state index contributed by atoms with van der Waals surface area (Å²) in [6.45, 7) is 2.63. The number of aryl methyl sites for hydroxylation is 1. The number of benzene rings is 1. The molecule has 3 saturated carbocycles. The third-order valence-electron chi connectivity index (χ3n) is 11.0. The first-order chi connectivity index (χ1) is 19.5. The first-order valence-corrected chi connectivity index (χ1v) is 15.0. The van der Waals surface area contributed by atoms with Crippen LogP contribution >= 0.6 is 0 Å². The topological polar surface area (TPSA) is 74.4 Å². The third kappa shape index (κ3) is 3.08. The van der Waals surface area contributed by atoms with Gasteiger partial charge in [-0.25, -0.2) is 9.97 Å². The Labute approximate surface area is 233 Å². The quantitative estimate of drug-likeness (QED) is 0.357. The molecular weight excluding hydrogens is 502 g/mol. The van der Waals surface area contributed by atoms with Crippen molar-refractivity contribution in [1.82, 2.24) is 24.0 Å². The number of nitrogens with zero attached hydrogens (tertiary/aromatic N) is 5. The molecule has 2 aliphatic heterocycles. The van der Waals surface area contributed by atoms with Gasteiger partial charge in [-0.1, -0.05) is 0 Å². The fourth-order valence-electron chi connectivity index (χ4n) is 9.08. The van der Waals surface area contributed by atoms with Gasteiger partial charge in [0.15, 0.2) is 5.82 Å². The fourth-order valence-corrected chi connectivity index (χ4v) is 9.08. The number of methoxy groups -OCH3 is 1. The van der Waals surface area contributed by atoms with E-state index in [0.29, 0.717) is 23.4 Å². The Morgan fingerprint density at radius 1 is 1.20 bits per heavy atom. The number of likely N-dealkylation sites (tertiary alicyclic amines) is 1. The van der Waals surface area contributed by atoms with Crippen LogP contribution in [-0.4, -0.2) is 61.8 Å². The predicted octanol–water partition coefficient (Wildman–Crippen LogP) is 5.04. The standard InChI is InChI=1S/C32H35N5O3/c1-35-25(11-19-5-3-7-33-29(19)35)30-34-23-10-21(31(38)36-17-22-9-20-12-24(36)27(20)22)13-26(39-2)28(23)37(30)16-18-14-32(15-18)6-4-8-40-32/h3,5,7,10-11,13,18,20,22,24,27H,4,6,8-9,12,14-17H2,1-2H3/t18?,20?,22-,24-,27-,32?/m1/s1. The molecule has 4 atom stereocenters. The summed E-state index contributed by atoms with van der Waals surface area (Å²) in [6, 6.07) is 10.6. The number of fused-ring (bicyclic) bond motifs is 2. The number of carbonyl (C=O) groups excluding carboxylic acids is 1. The third-order valence-corrected chi connectivity index (χ3v) is 11.0. The van der Waals surface area contributed by atoms with Crippen LogP contribution in [0.25, 0.3) is 33.6 Å². The van der Waals surface area contributed by atoms with Crippen molar-refractivity contribution in [3.63, 3.8) is 0 Å². The monoisotopic (exact) mass is 537 g/mol. The van der Waals surface area contributed by atoms with Gasteiger partial charge < -0.3 is 23.5 Å². The number of carbonyl (C=O) groups is 1. The maximum Gasteiger partial charge on any atom is 0.254 e. The van der Waals surface area contributed by atoms with Crippen LogP contribution in [0.5, 0.6) is 5.75 Å². The SMILES string of the molecule is COc1cc(C(=O)N2C[C@H]3CC4C[C@@H]2[C@H]43)cc2nc(-c3cc4cccnc4n3C)n(CC3CC4(CCCO4)C3)c12. The molecule has 1 spiro atoms. The van der Waals surface area contributed by atoms with Gasteiger partial charge in [0, 0.05) is 49.9 Å². The van der Waals surface area contributed by atoms with Crippen molar-refractivity contribution in [2.75, 3.05) is 20.3 Å². The molecule has 5 heterocycles. The number of rotatable bonds is 5. The molecule has 0 bridgehead atoms. The zero-order valence-corrected chi connectivity index (χ0v) is 23.2. The average Bonchev–Trinajstić information content (AvgIpc) is 3.65. The van der Waals surface area contributed by atoms with Gasteiger partial charge in [-0.05, 0) is 92.5 Å². The largest absolute Gasteiger partial charge is 0.494 e. The Kier molecular flexibility index (Phi) is 4.72. The molecule has 3 aliphatic carbocycles. The molecule has 3 aromatic heterocycles. The van der Waals surface area contributed by atoms with Gasteiger partial charge in [-0.2, -0.15) is 0 Å². The molecular formula is C32H35N5O3. The van der Waals surface area contributed by atoms with Gasteiger partial charge in [0.25, 0.3) is 5.91 Å². The molecule has 1 aromatic carbocycles. The number of ether oxygens (including phenoxy) is 2. The average molecular weight is 538 g/mol. The first-order valence-electron chi connectivity index (χ1n) is 15.0. The van der Waals surface area contributed by atoms with Crippen LogP contribution in [0, 0.1) is 23.7 Å². The highest BCUT2D eigenvalue weighted by atomic mass is 16.5. The Balaban J connectivity index is 1.15. The summed E-state index contributed by atoms with van der Waals surface area (Å²) in [6.07, 6.45) is 8.81. The van der Waals surface area contributed by atoms with Gasteiger partial charge in [0.2, 0.25) is 0 Å². The zero-order chi connectivity index (χ0) is 26.7. The summed E-state index contributed by atoms with van der Waals surface area (Å²) in [5, 5.41) is 1.09. The first kappa shape index (κ1) is 23.3. The van der Waals surface area contributed by atoms with Crippen LogP contribution in [0.4, 0.5) is 0 Å². The Bertz CT molecular complexity index is 1690. The van der Waals surface area contributed by atoms with Crippen LogP contribution in [-0.2, 0) is 18.3 Å². The normalized spacial score (nSPS) is 31.9. The van der Waals surface area contributed by atoms with Gasteiger partial charge in [-0.15, -0.1) is 0 Å². The van der Waals surface area contributed by atoms with Crippen molar-refractivity contribution in [1.29, 1.82) is 0 Å². The van der Waals surface area contributed by atoms with Crippen LogP contribution in [0.1, 0.15) is 48.9 Å². The zero-order valence-electron chi connectivity index (χ0n) is 23.2. The van der Waals surface area contributed by atoms with E-state index < -0.39 is 0 Å². The summed E-state index contributed by atoms with van der Waals surface area (Å²) < 4.78 is 16.6. The van der Waals surface area contributed by atoms with E-state index in [1.165, 1.54) is 25.7 Å². The highest BCUT2D eigenvalue weighted by molar-refractivity contribution is 6.00. The Morgan fingerprint density at radius 3 is 2.85 bits per heavy atom. The van der Waals surface area contributed by atoms with Crippen LogP contribution in [0.2, 0.25) is 0 Å². The van der Waals surface area contributed by atoms with E-state index in [1.807, 2.05) is 24.4 Å². The molecule has 40 heavy (non-hydrogen) atoms. The lowest BCUT2D eigenvalue weighted by molar-refractivity contribution is -0.0939. The van der Waals surface area contributed by atoms with Crippen molar-refractivity contribution in [3.8, 4) is 17.3 Å². The van der Waals surface area contributed by atoms with Crippen molar-refractivity contribution >= 4 is 28.0 Å². The van der Waals surface area contributed by atoms with Crippen LogP contribution < -0.4 is 4.74 Å². The van der Waals surface area contributed by atoms with Crippen LogP contribution in [0.15, 0.2) is 36.5 Å².